The van der Waals surface area contributed by atoms with Crippen LogP contribution >= 0.6 is 8.18 Å². The van der Waals surface area contributed by atoms with Gasteiger partial charge >= 0.3 is 11.7 Å². The summed E-state index contributed by atoms with van der Waals surface area (Å²) in [7, 11) is -3.16. The Hall–Kier alpha value is -2.54. The van der Waals surface area contributed by atoms with Gasteiger partial charge in [0, 0.05) is 17.2 Å². The number of nitrogens with zero attached hydrogens (tertiary/aromatic N) is 4. The first-order chi connectivity index (χ1) is 14.1. The average molecular weight is 450 g/mol. The second-order valence-corrected chi connectivity index (χ2v) is 7.30. The largest absolute Gasteiger partial charge is 0.465 e. The Morgan fingerprint density at radius 2 is 2.33 bits per heavy atom. The number of H-pyrrole nitrogens is 1. The number of hydrogen-bond donors (Lipinski definition) is 3. The van der Waals surface area contributed by atoms with Crippen molar-refractivity contribution in [1.82, 2.24) is 14.6 Å². The lowest BCUT2D eigenvalue weighted by Crippen LogP contribution is -2.42. The minimum atomic E-state index is -3.16. The van der Waals surface area contributed by atoms with Crippen LogP contribution in [0.1, 0.15) is 20.1 Å². The summed E-state index contributed by atoms with van der Waals surface area (Å²) in [6, 6.07) is -0.0655. The molecule has 2 heterocycles. The van der Waals surface area contributed by atoms with Crippen molar-refractivity contribution in [3.05, 3.63) is 43.5 Å². The standard InChI is InChI=1S/C14H20FN6O8P/c1-3-27-12(24)7(2)18-30(26)28-6-14(19-20-16)10(15)9(23)11(29-14)21-5-4-8(22)17-13(21)25/h4-5,7,9-11,23,30H,3,6H2,1-2H3,(H,18,26)(H,17,22,25)/t7-,9+,10-,11-,14+/m0/s1. The van der Waals surface area contributed by atoms with Crippen molar-refractivity contribution in [2.75, 3.05) is 13.2 Å². The molecule has 1 aromatic rings. The number of carbonyl (C=O) groups is 1. The molecule has 1 aliphatic rings. The summed E-state index contributed by atoms with van der Waals surface area (Å²) in [4.78, 5) is 39.0. The van der Waals surface area contributed by atoms with E-state index < -0.39 is 62.3 Å². The molecule has 0 radical (unpaired) electrons. The molecule has 3 N–H and O–H groups in total. The number of halogens is 1. The number of azide groups is 1. The molecule has 0 aliphatic carbocycles. The minimum Gasteiger partial charge on any atom is -0.465 e. The van der Waals surface area contributed by atoms with Crippen LogP contribution in [0.4, 0.5) is 4.39 Å². The van der Waals surface area contributed by atoms with Crippen LogP contribution in [0.5, 0.6) is 0 Å². The lowest BCUT2D eigenvalue weighted by Gasteiger charge is -2.25. The number of carbonyl (C=O) groups excluding carboxylic acids is 1. The number of alkyl halides is 1. The molecule has 1 fully saturated rings. The van der Waals surface area contributed by atoms with Gasteiger partial charge < -0.3 is 19.1 Å². The van der Waals surface area contributed by atoms with E-state index in [0.29, 0.717) is 4.57 Å². The maximum absolute atomic E-state index is 14.8. The molecule has 6 atom stereocenters. The van der Waals surface area contributed by atoms with Crippen molar-refractivity contribution >= 4 is 14.1 Å². The summed E-state index contributed by atoms with van der Waals surface area (Å²) in [6.45, 7) is 2.14. The molecule has 166 valence electrons. The predicted octanol–water partition coefficient (Wildman–Crippen LogP) is -0.281. The Morgan fingerprint density at radius 3 is 2.93 bits per heavy atom. The maximum Gasteiger partial charge on any atom is 0.330 e. The number of ether oxygens (including phenoxy) is 2. The van der Waals surface area contributed by atoms with Gasteiger partial charge in [0.2, 0.25) is 5.72 Å². The van der Waals surface area contributed by atoms with Crippen LogP contribution in [0, 0.1) is 0 Å². The predicted molar refractivity (Wildman–Crippen MR) is 98.4 cm³/mol. The van der Waals surface area contributed by atoms with E-state index in [1.54, 1.807) is 6.92 Å². The minimum absolute atomic E-state index is 0.105. The highest BCUT2D eigenvalue weighted by Gasteiger charge is 2.57. The van der Waals surface area contributed by atoms with Crippen LogP contribution in [-0.2, 0) is 23.4 Å². The van der Waals surface area contributed by atoms with Crippen LogP contribution in [0.15, 0.2) is 27.0 Å². The number of nitrogens with one attached hydrogen (secondary N) is 2. The average Bonchev–Trinajstić information content (AvgIpc) is 2.92. The molecule has 0 saturated carbocycles. The van der Waals surface area contributed by atoms with Gasteiger partial charge in [-0.15, -0.1) is 0 Å². The van der Waals surface area contributed by atoms with Crippen LogP contribution in [0.25, 0.3) is 10.4 Å². The van der Waals surface area contributed by atoms with Crippen molar-refractivity contribution in [1.29, 1.82) is 0 Å². The molecule has 0 spiro atoms. The van der Waals surface area contributed by atoms with Crippen LogP contribution in [0.2, 0.25) is 0 Å². The third-order valence-electron chi connectivity index (χ3n) is 4.07. The zero-order chi connectivity index (χ0) is 22.5. The third-order valence-corrected chi connectivity index (χ3v) is 5.15. The first-order valence-corrected chi connectivity index (χ1v) is 9.94. The fourth-order valence-electron chi connectivity index (χ4n) is 2.61. The summed E-state index contributed by atoms with van der Waals surface area (Å²) in [5, 5.41) is 15.7. The van der Waals surface area contributed by atoms with Gasteiger partial charge in [-0.2, -0.15) is 0 Å². The van der Waals surface area contributed by atoms with E-state index in [1.807, 2.05) is 4.98 Å². The van der Waals surface area contributed by atoms with Crippen molar-refractivity contribution in [3.8, 4) is 0 Å². The number of hydrogen-bond acceptors (Lipinski definition) is 9. The van der Waals surface area contributed by atoms with Gasteiger partial charge in [0.05, 0.1) is 13.2 Å². The lowest BCUT2D eigenvalue weighted by molar-refractivity contribution is -0.144. The van der Waals surface area contributed by atoms with E-state index >= 15 is 0 Å². The number of aromatic amines is 1. The fraction of sp³-hybridized carbons (Fsp3) is 0.643. The second kappa shape index (κ2) is 9.98. The quantitative estimate of drug-likeness (QED) is 0.149. The summed E-state index contributed by atoms with van der Waals surface area (Å²) >= 11 is 0. The Labute approximate surface area is 168 Å². The van der Waals surface area contributed by atoms with Crippen LogP contribution in [0.3, 0.4) is 0 Å². The Balaban J connectivity index is 2.17. The number of esters is 1. The molecule has 2 rings (SSSR count). The van der Waals surface area contributed by atoms with E-state index in [4.69, 9.17) is 19.5 Å². The topological polar surface area (TPSA) is 198 Å². The van der Waals surface area contributed by atoms with Gasteiger partial charge in [0.15, 0.2) is 12.4 Å². The zero-order valence-electron chi connectivity index (χ0n) is 15.9. The summed E-state index contributed by atoms with van der Waals surface area (Å²) in [5.41, 5.74) is 4.59. The molecule has 0 aromatic carbocycles. The maximum atomic E-state index is 14.8. The molecule has 1 aliphatic heterocycles. The summed E-state index contributed by atoms with van der Waals surface area (Å²) < 4.78 is 42.6. The molecule has 1 saturated heterocycles. The van der Waals surface area contributed by atoms with Gasteiger partial charge in [-0.25, -0.2) is 14.3 Å². The lowest BCUT2D eigenvalue weighted by atomic mass is 10.1. The van der Waals surface area contributed by atoms with Gasteiger partial charge in [0.25, 0.3) is 13.7 Å². The molecule has 14 nitrogen and oxygen atoms in total. The Bertz CT molecular complexity index is 964. The van der Waals surface area contributed by atoms with E-state index in [-0.39, 0.29) is 6.61 Å². The second-order valence-electron chi connectivity index (χ2n) is 6.15. The SMILES string of the molecule is CCOC(=O)[C@H](C)N[PH](=O)OC[C@@]1(N=[N+]=[N-])O[C@H](n2ccc(=O)[nH]c2=O)[C@H](O)[C@@H]1F. The first-order valence-electron chi connectivity index (χ1n) is 8.62. The van der Waals surface area contributed by atoms with E-state index in [2.05, 4.69) is 15.1 Å². The number of aromatic nitrogens is 2. The van der Waals surface area contributed by atoms with Gasteiger partial charge in [-0.05, 0) is 19.4 Å². The number of rotatable bonds is 9. The normalized spacial score (nSPS) is 27.8. The number of aliphatic hydroxyl groups excluding tert-OH is 1. The van der Waals surface area contributed by atoms with Crippen LogP contribution in [-0.4, -0.2) is 57.9 Å². The first kappa shape index (κ1) is 23.7. The van der Waals surface area contributed by atoms with Crippen molar-refractivity contribution in [3.63, 3.8) is 0 Å². The molecule has 1 aromatic heterocycles. The van der Waals surface area contributed by atoms with E-state index in [1.165, 1.54) is 6.92 Å². The van der Waals surface area contributed by atoms with Crippen LogP contribution < -0.4 is 16.3 Å². The van der Waals surface area contributed by atoms with Gasteiger partial charge in [0.1, 0.15) is 12.1 Å². The highest BCUT2D eigenvalue weighted by Crippen LogP contribution is 2.41. The molecular weight excluding hydrogens is 430 g/mol. The fourth-order valence-corrected chi connectivity index (χ4v) is 3.51. The highest BCUT2D eigenvalue weighted by molar-refractivity contribution is 7.36. The molecule has 30 heavy (non-hydrogen) atoms. The Morgan fingerprint density at radius 1 is 1.63 bits per heavy atom. The van der Waals surface area contributed by atoms with Gasteiger partial charge in [-0.1, -0.05) is 5.11 Å². The zero-order valence-corrected chi connectivity index (χ0v) is 16.9. The van der Waals surface area contributed by atoms with Crippen molar-refractivity contribution in [2.24, 2.45) is 5.11 Å². The molecule has 16 heteroatoms. The molecule has 1 unspecified atom stereocenters. The molecule has 0 bridgehead atoms. The third kappa shape index (κ3) is 5.14. The van der Waals surface area contributed by atoms with Crippen molar-refractivity contribution in [2.45, 2.75) is 44.1 Å². The summed E-state index contributed by atoms with van der Waals surface area (Å²) in [6.07, 6.45) is -5.08. The van der Waals surface area contributed by atoms with Gasteiger partial charge in [-0.3, -0.25) is 23.7 Å². The van der Waals surface area contributed by atoms with Crippen molar-refractivity contribution < 1.29 is 32.9 Å². The van der Waals surface area contributed by atoms with E-state index in [9.17, 15) is 28.4 Å². The molecular formula is C14H20FN6O8P. The smallest absolute Gasteiger partial charge is 0.330 e. The summed E-state index contributed by atoms with van der Waals surface area (Å²) in [5.74, 6) is -0.697. The molecule has 0 amide bonds. The van der Waals surface area contributed by atoms with E-state index in [0.717, 1.165) is 12.3 Å². The monoisotopic (exact) mass is 450 g/mol. The highest BCUT2D eigenvalue weighted by atomic mass is 31.1. The Kier molecular flexibility index (Phi) is 7.89. The number of aliphatic hydroxyl groups is 1.